The third kappa shape index (κ3) is 4.37. The molecule has 5 aliphatic carbocycles. The number of carbonyl (C=O) groups excluding carboxylic acids is 3. The highest BCUT2D eigenvalue weighted by Crippen LogP contribution is 2.68. The number of ketones is 2. The summed E-state index contributed by atoms with van der Waals surface area (Å²) in [7, 11) is 0. The van der Waals surface area contributed by atoms with Crippen molar-refractivity contribution in [2.75, 3.05) is 0 Å². The predicted octanol–water partition coefficient (Wildman–Crippen LogP) is 6.63. The minimum Gasteiger partial charge on any atom is -0.463 e. The van der Waals surface area contributed by atoms with E-state index < -0.39 is 0 Å². The molecular weight excluding hydrogens is 436 g/mol. The maximum Gasteiger partial charge on any atom is 0.302 e. The number of hydrogen-bond donors (Lipinski definition) is 0. The van der Waals surface area contributed by atoms with Gasteiger partial charge in [0, 0.05) is 12.5 Å². The van der Waals surface area contributed by atoms with E-state index in [9.17, 15) is 14.4 Å². The van der Waals surface area contributed by atoms with Crippen LogP contribution in [0.25, 0.3) is 0 Å². The molecule has 4 heteroatoms. The molecule has 4 fully saturated rings. The Hall–Kier alpha value is -1.71. The molecule has 5 aliphatic rings. The molecule has 0 aromatic carbocycles. The second kappa shape index (κ2) is 9.30. The molecule has 9 atom stereocenters. The molecule has 35 heavy (non-hydrogen) atoms. The Morgan fingerprint density at radius 3 is 2.51 bits per heavy atom. The molecule has 0 heterocycles. The lowest BCUT2D eigenvalue weighted by molar-refractivity contribution is -0.160. The summed E-state index contributed by atoms with van der Waals surface area (Å²) in [6.45, 7) is 9.10. The predicted molar refractivity (Wildman–Crippen MR) is 136 cm³/mol. The van der Waals surface area contributed by atoms with Crippen molar-refractivity contribution >= 4 is 17.5 Å². The van der Waals surface area contributed by atoms with E-state index in [4.69, 9.17) is 4.74 Å². The molecule has 0 aromatic rings. The first kappa shape index (κ1) is 25.0. The number of carbonyl (C=O) groups is 3. The number of hydrogen-bond acceptors (Lipinski definition) is 4. The van der Waals surface area contributed by atoms with Crippen LogP contribution in [0.15, 0.2) is 23.8 Å². The summed E-state index contributed by atoms with van der Waals surface area (Å²) in [6, 6.07) is 0. The zero-order valence-corrected chi connectivity index (χ0v) is 22.2. The van der Waals surface area contributed by atoms with E-state index in [1.807, 2.05) is 0 Å². The molecule has 0 spiro atoms. The van der Waals surface area contributed by atoms with E-state index in [0.29, 0.717) is 34.2 Å². The van der Waals surface area contributed by atoms with E-state index in [-0.39, 0.29) is 23.6 Å². The zero-order chi connectivity index (χ0) is 25.0. The lowest BCUT2D eigenvalue weighted by atomic mass is 9.44. The quantitative estimate of drug-likeness (QED) is 0.327. The number of fused-ring (bicyclic) bond motifs is 5. The first-order chi connectivity index (χ1) is 16.6. The number of rotatable bonds is 5. The standard InChI is InChI=1S/C31H44O4/c1-19(5-6-21-17-23(33)8-12-29(21)34)26-10-11-27-25-9-7-22-18-24(35-20(2)32)13-15-30(22,3)28(25)14-16-31(26,27)4/h8,12,17,19,22,24-28H,5-7,9-11,13-16,18H2,1-4H3/t19-,22-,24-,25+,26-,27+,28+,30+,31-/m1/s1. The minimum atomic E-state index is -0.126. The fourth-order valence-electron chi connectivity index (χ4n) is 9.87. The summed E-state index contributed by atoms with van der Waals surface area (Å²) in [6.07, 6.45) is 17.5. The van der Waals surface area contributed by atoms with Gasteiger partial charge in [0.15, 0.2) is 11.6 Å². The Balaban J connectivity index is 1.25. The second-order valence-electron chi connectivity index (χ2n) is 13.2. The van der Waals surface area contributed by atoms with E-state index in [1.165, 1.54) is 57.1 Å². The van der Waals surface area contributed by atoms with Crippen LogP contribution in [0.3, 0.4) is 0 Å². The van der Waals surface area contributed by atoms with Gasteiger partial charge in [0.2, 0.25) is 0 Å². The van der Waals surface area contributed by atoms with Gasteiger partial charge in [-0.05, 0) is 135 Å². The van der Waals surface area contributed by atoms with Gasteiger partial charge in [-0.25, -0.2) is 0 Å². The third-order valence-electron chi connectivity index (χ3n) is 11.6. The van der Waals surface area contributed by atoms with Crippen LogP contribution < -0.4 is 0 Å². The molecule has 0 aromatic heterocycles. The summed E-state index contributed by atoms with van der Waals surface area (Å²) < 4.78 is 5.64. The largest absolute Gasteiger partial charge is 0.463 e. The van der Waals surface area contributed by atoms with E-state index in [2.05, 4.69) is 20.8 Å². The SMILES string of the molecule is CC(=O)O[C@@H]1CC[C@@]2(C)[C@H](CC[C@@H]3[C@@H]2CC[C@]2(C)[C@@H]([C@H](C)CCC4=CC(=O)C=CC4=O)CC[C@@H]32)C1. The smallest absolute Gasteiger partial charge is 0.302 e. The van der Waals surface area contributed by atoms with Crippen molar-refractivity contribution in [3.63, 3.8) is 0 Å². The number of allylic oxidation sites excluding steroid dienone is 4. The van der Waals surface area contributed by atoms with Gasteiger partial charge in [-0.3, -0.25) is 14.4 Å². The Kier molecular flexibility index (Phi) is 6.64. The van der Waals surface area contributed by atoms with Crippen LogP contribution in [0, 0.1) is 46.3 Å². The molecule has 5 rings (SSSR count). The maximum atomic E-state index is 12.2. The molecule has 0 N–H and O–H groups in total. The van der Waals surface area contributed by atoms with Gasteiger partial charge in [0.1, 0.15) is 6.10 Å². The van der Waals surface area contributed by atoms with Crippen LogP contribution in [-0.4, -0.2) is 23.6 Å². The zero-order valence-electron chi connectivity index (χ0n) is 22.2. The molecule has 0 saturated heterocycles. The van der Waals surface area contributed by atoms with Crippen molar-refractivity contribution in [1.29, 1.82) is 0 Å². The Labute approximate surface area is 211 Å². The minimum absolute atomic E-state index is 0.0150. The first-order valence-corrected chi connectivity index (χ1v) is 14.3. The molecule has 0 unspecified atom stereocenters. The molecule has 0 amide bonds. The normalized spacial score (nSPS) is 43.6. The van der Waals surface area contributed by atoms with Crippen molar-refractivity contribution < 1.29 is 19.1 Å². The van der Waals surface area contributed by atoms with Crippen LogP contribution in [0.1, 0.15) is 98.3 Å². The topological polar surface area (TPSA) is 60.4 Å². The van der Waals surface area contributed by atoms with Gasteiger partial charge in [0.05, 0.1) is 0 Å². The van der Waals surface area contributed by atoms with E-state index in [1.54, 1.807) is 13.0 Å². The Morgan fingerprint density at radius 2 is 1.74 bits per heavy atom. The average Bonchev–Trinajstić information content (AvgIpc) is 3.16. The van der Waals surface area contributed by atoms with Crippen LogP contribution in [0.2, 0.25) is 0 Å². The lowest BCUT2D eigenvalue weighted by Crippen LogP contribution is -2.54. The number of ether oxygens (including phenoxy) is 1. The molecular formula is C31H44O4. The fraction of sp³-hybridized carbons (Fsp3) is 0.774. The highest BCUT2D eigenvalue weighted by Gasteiger charge is 2.60. The Morgan fingerprint density at radius 1 is 1.00 bits per heavy atom. The van der Waals surface area contributed by atoms with Crippen LogP contribution in [0.4, 0.5) is 0 Å². The highest BCUT2D eigenvalue weighted by atomic mass is 16.5. The van der Waals surface area contributed by atoms with Crippen molar-refractivity contribution in [3.05, 3.63) is 23.8 Å². The lowest BCUT2D eigenvalue weighted by Gasteiger charge is -2.61. The fourth-order valence-corrected chi connectivity index (χ4v) is 9.87. The van der Waals surface area contributed by atoms with Crippen molar-refractivity contribution in [3.8, 4) is 0 Å². The molecule has 4 saturated carbocycles. The maximum absolute atomic E-state index is 12.2. The highest BCUT2D eigenvalue weighted by molar-refractivity contribution is 6.17. The van der Waals surface area contributed by atoms with Gasteiger partial charge in [-0.1, -0.05) is 20.8 Å². The molecule has 0 radical (unpaired) electrons. The summed E-state index contributed by atoms with van der Waals surface area (Å²) in [5.74, 6) is 4.28. The van der Waals surface area contributed by atoms with Gasteiger partial charge < -0.3 is 4.74 Å². The summed E-state index contributed by atoms with van der Waals surface area (Å²) in [5.41, 5.74) is 1.50. The van der Waals surface area contributed by atoms with Gasteiger partial charge >= 0.3 is 5.97 Å². The first-order valence-electron chi connectivity index (χ1n) is 14.3. The Bertz CT molecular complexity index is 946. The van der Waals surface area contributed by atoms with Gasteiger partial charge in [0.25, 0.3) is 0 Å². The van der Waals surface area contributed by atoms with Crippen molar-refractivity contribution in [1.82, 2.24) is 0 Å². The number of esters is 1. The molecule has 4 nitrogen and oxygen atoms in total. The van der Waals surface area contributed by atoms with Gasteiger partial charge in [-0.2, -0.15) is 0 Å². The summed E-state index contributed by atoms with van der Waals surface area (Å²) in [4.78, 5) is 35.5. The van der Waals surface area contributed by atoms with Crippen molar-refractivity contribution in [2.45, 2.75) is 104 Å². The van der Waals surface area contributed by atoms with Crippen LogP contribution >= 0.6 is 0 Å². The van der Waals surface area contributed by atoms with Crippen LogP contribution in [-0.2, 0) is 19.1 Å². The second-order valence-corrected chi connectivity index (χ2v) is 13.2. The van der Waals surface area contributed by atoms with Crippen LogP contribution in [0.5, 0.6) is 0 Å². The average molecular weight is 481 g/mol. The van der Waals surface area contributed by atoms with Gasteiger partial charge in [-0.15, -0.1) is 0 Å². The van der Waals surface area contributed by atoms with Crippen molar-refractivity contribution in [2.24, 2.45) is 46.3 Å². The summed E-state index contributed by atoms with van der Waals surface area (Å²) in [5, 5.41) is 0. The summed E-state index contributed by atoms with van der Waals surface area (Å²) >= 11 is 0. The molecule has 0 bridgehead atoms. The van der Waals surface area contributed by atoms with E-state index in [0.717, 1.165) is 43.4 Å². The van der Waals surface area contributed by atoms with E-state index >= 15 is 0 Å². The molecule has 192 valence electrons. The monoisotopic (exact) mass is 480 g/mol. The molecule has 0 aliphatic heterocycles. The third-order valence-corrected chi connectivity index (χ3v) is 11.6.